The van der Waals surface area contributed by atoms with Crippen LogP contribution in [0.5, 0.6) is 0 Å². The van der Waals surface area contributed by atoms with Crippen molar-refractivity contribution >= 4 is 34.9 Å². The molecule has 0 aliphatic heterocycles. The van der Waals surface area contributed by atoms with Gasteiger partial charge in [-0.05, 0) is 18.3 Å². The minimum atomic E-state index is -4.37. The number of hydrogen-bond donors (Lipinski definition) is 1. The summed E-state index contributed by atoms with van der Waals surface area (Å²) in [7, 11) is 0. The summed E-state index contributed by atoms with van der Waals surface area (Å²) in [5.74, 6) is -0.627. The molecule has 9 heteroatoms. The summed E-state index contributed by atoms with van der Waals surface area (Å²) in [6.07, 6.45) is -4.37. The van der Waals surface area contributed by atoms with Gasteiger partial charge in [0.1, 0.15) is 12.4 Å². The summed E-state index contributed by atoms with van der Waals surface area (Å²) in [6.45, 7) is -1.44. The van der Waals surface area contributed by atoms with Crippen molar-refractivity contribution in [2.24, 2.45) is 0 Å². The van der Waals surface area contributed by atoms with E-state index >= 15 is 0 Å². The third-order valence-corrected chi connectivity index (χ3v) is 3.15. The summed E-state index contributed by atoms with van der Waals surface area (Å²) < 4.78 is 55.4. The molecule has 3 nitrogen and oxygen atoms in total. The second-order valence-corrected chi connectivity index (χ2v) is 4.83. The first kappa shape index (κ1) is 15.3. The van der Waals surface area contributed by atoms with E-state index in [1.165, 1.54) is 16.7 Å². The number of aromatic amines is 1. The number of alkyl halides is 3. The van der Waals surface area contributed by atoms with E-state index in [2.05, 4.69) is 9.72 Å². The number of H-pyrrole nitrogens is 1. The molecule has 110 valence electrons. The first-order chi connectivity index (χ1) is 9.28. The first-order valence-electron chi connectivity index (χ1n) is 5.50. The van der Waals surface area contributed by atoms with Crippen LogP contribution in [0.1, 0.15) is 0 Å². The molecule has 0 atom stereocenters. The van der Waals surface area contributed by atoms with Crippen molar-refractivity contribution in [3.8, 4) is 0 Å². The predicted octanol–water partition coefficient (Wildman–Crippen LogP) is 4.07. The van der Waals surface area contributed by atoms with Gasteiger partial charge in [0.15, 0.2) is 4.77 Å². The number of hydrogen-bond acceptors (Lipinski definition) is 2. The molecule has 2 aromatic rings. The molecule has 1 aromatic heterocycles. The molecular formula is C11H9ClF4N2OS. The van der Waals surface area contributed by atoms with Crippen LogP contribution in [0.15, 0.2) is 12.1 Å². The average Bonchev–Trinajstić information content (AvgIpc) is 2.60. The normalized spacial score (nSPS) is 12.2. The maximum Gasteiger partial charge on any atom is 0.411 e. The summed E-state index contributed by atoms with van der Waals surface area (Å²) in [5, 5.41) is -0.0609. The Balaban J connectivity index is 2.16. The van der Waals surface area contributed by atoms with E-state index in [4.69, 9.17) is 23.8 Å². The van der Waals surface area contributed by atoms with Gasteiger partial charge in [0.05, 0.1) is 22.7 Å². The van der Waals surface area contributed by atoms with E-state index in [1.807, 2.05) is 0 Å². The number of benzene rings is 1. The number of nitrogens with one attached hydrogen (secondary N) is 1. The molecule has 20 heavy (non-hydrogen) atoms. The van der Waals surface area contributed by atoms with E-state index in [0.29, 0.717) is 11.0 Å². The van der Waals surface area contributed by atoms with Gasteiger partial charge in [0, 0.05) is 12.6 Å². The largest absolute Gasteiger partial charge is 0.411 e. The number of rotatable bonds is 4. The third kappa shape index (κ3) is 3.50. The van der Waals surface area contributed by atoms with Crippen LogP contribution in [0.2, 0.25) is 5.02 Å². The number of imidazole rings is 1. The van der Waals surface area contributed by atoms with Crippen molar-refractivity contribution in [1.82, 2.24) is 9.55 Å². The lowest BCUT2D eigenvalue weighted by Gasteiger charge is -2.08. The van der Waals surface area contributed by atoms with Crippen LogP contribution in [0.3, 0.4) is 0 Å². The lowest BCUT2D eigenvalue weighted by atomic mass is 10.3. The molecule has 0 amide bonds. The van der Waals surface area contributed by atoms with Crippen LogP contribution in [0.25, 0.3) is 11.0 Å². The fourth-order valence-electron chi connectivity index (χ4n) is 1.72. The zero-order chi connectivity index (χ0) is 14.9. The molecule has 0 saturated heterocycles. The Kier molecular flexibility index (Phi) is 4.36. The number of fused-ring (bicyclic) bond motifs is 1. The highest BCUT2D eigenvalue weighted by molar-refractivity contribution is 7.71. The Bertz CT molecular complexity index is 679. The molecule has 0 saturated carbocycles. The Morgan fingerprint density at radius 2 is 2.05 bits per heavy atom. The van der Waals surface area contributed by atoms with E-state index in [9.17, 15) is 17.6 Å². The molecule has 0 bridgehead atoms. The minimum Gasteiger partial charge on any atom is -0.370 e. The van der Waals surface area contributed by atoms with Crippen molar-refractivity contribution in [3.63, 3.8) is 0 Å². The quantitative estimate of drug-likeness (QED) is 0.521. The number of ether oxygens (including phenoxy) is 1. The van der Waals surface area contributed by atoms with Gasteiger partial charge in [0.25, 0.3) is 0 Å². The molecule has 0 unspecified atom stereocenters. The van der Waals surface area contributed by atoms with E-state index in [0.717, 1.165) is 0 Å². The molecular weight excluding hydrogens is 320 g/mol. The fourth-order valence-corrected chi connectivity index (χ4v) is 2.18. The molecule has 0 radical (unpaired) electrons. The van der Waals surface area contributed by atoms with Crippen LogP contribution in [0, 0.1) is 10.6 Å². The molecule has 2 rings (SSSR count). The fraction of sp³-hybridized carbons (Fsp3) is 0.364. The molecule has 1 N–H and O–H groups in total. The van der Waals surface area contributed by atoms with Gasteiger partial charge in [-0.3, -0.25) is 0 Å². The zero-order valence-corrected chi connectivity index (χ0v) is 11.5. The van der Waals surface area contributed by atoms with Crippen LogP contribution < -0.4 is 0 Å². The molecule has 0 aliphatic rings. The van der Waals surface area contributed by atoms with Gasteiger partial charge < -0.3 is 14.3 Å². The van der Waals surface area contributed by atoms with Crippen molar-refractivity contribution < 1.29 is 22.3 Å². The van der Waals surface area contributed by atoms with Gasteiger partial charge in [-0.25, -0.2) is 4.39 Å². The van der Waals surface area contributed by atoms with Gasteiger partial charge in [-0.2, -0.15) is 13.2 Å². The van der Waals surface area contributed by atoms with E-state index < -0.39 is 18.6 Å². The molecule has 0 fully saturated rings. The number of halogens is 5. The highest BCUT2D eigenvalue weighted by atomic mass is 35.5. The van der Waals surface area contributed by atoms with Crippen LogP contribution in [-0.4, -0.2) is 28.9 Å². The van der Waals surface area contributed by atoms with Crippen molar-refractivity contribution in [2.75, 3.05) is 13.2 Å². The smallest absolute Gasteiger partial charge is 0.370 e. The Morgan fingerprint density at radius 3 is 2.70 bits per heavy atom. The third-order valence-electron chi connectivity index (χ3n) is 2.54. The summed E-state index contributed by atoms with van der Waals surface area (Å²) >= 11 is 10.7. The highest BCUT2D eigenvalue weighted by Crippen LogP contribution is 2.22. The Morgan fingerprint density at radius 1 is 1.35 bits per heavy atom. The second-order valence-electron chi connectivity index (χ2n) is 4.03. The topological polar surface area (TPSA) is 29.9 Å². The summed E-state index contributed by atoms with van der Waals surface area (Å²) in [5.41, 5.74) is 0.935. The lowest BCUT2D eigenvalue weighted by Crippen LogP contribution is -2.19. The number of nitrogens with zero attached hydrogens (tertiary/aromatic N) is 1. The van der Waals surface area contributed by atoms with Crippen LogP contribution in [0.4, 0.5) is 17.6 Å². The minimum absolute atomic E-state index is 0.0609. The van der Waals surface area contributed by atoms with Gasteiger partial charge >= 0.3 is 6.18 Å². The Labute approximate surface area is 121 Å². The standard InChI is InChI=1S/C11H9ClF4N2OS/c12-6-3-8-9(4-7(6)13)18(10(20)17-8)1-2-19-5-11(14,15)16/h3-4H,1-2,5H2,(H,17,20). The SMILES string of the molecule is Fc1cc2c(cc1Cl)[nH]c(=S)n2CCOCC(F)(F)F. The first-order valence-corrected chi connectivity index (χ1v) is 6.28. The van der Waals surface area contributed by atoms with Crippen LogP contribution in [-0.2, 0) is 11.3 Å². The van der Waals surface area contributed by atoms with E-state index in [-0.39, 0.29) is 22.9 Å². The summed E-state index contributed by atoms with van der Waals surface area (Å²) in [6, 6.07) is 2.54. The van der Waals surface area contributed by atoms with Crippen LogP contribution >= 0.6 is 23.8 Å². The molecule has 0 aliphatic carbocycles. The van der Waals surface area contributed by atoms with Gasteiger partial charge in [-0.1, -0.05) is 11.6 Å². The number of aromatic nitrogens is 2. The second kappa shape index (κ2) is 5.71. The van der Waals surface area contributed by atoms with Gasteiger partial charge in [-0.15, -0.1) is 0 Å². The molecule has 1 heterocycles. The van der Waals surface area contributed by atoms with Gasteiger partial charge in [0.2, 0.25) is 0 Å². The van der Waals surface area contributed by atoms with Crippen molar-refractivity contribution in [3.05, 3.63) is 27.7 Å². The Hall–Kier alpha value is -1.12. The average molecular weight is 329 g/mol. The van der Waals surface area contributed by atoms with E-state index in [1.54, 1.807) is 0 Å². The monoisotopic (exact) mass is 328 g/mol. The zero-order valence-electron chi connectivity index (χ0n) is 9.93. The predicted molar refractivity (Wildman–Crippen MR) is 69.0 cm³/mol. The highest BCUT2D eigenvalue weighted by Gasteiger charge is 2.27. The lowest BCUT2D eigenvalue weighted by molar-refractivity contribution is -0.174. The van der Waals surface area contributed by atoms with Crippen molar-refractivity contribution in [2.45, 2.75) is 12.7 Å². The maximum atomic E-state index is 13.4. The van der Waals surface area contributed by atoms with Crippen molar-refractivity contribution in [1.29, 1.82) is 0 Å². The maximum absolute atomic E-state index is 13.4. The summed E-state index contributed by atoms with van der Waals surface area (Å²) in [4.78, 5) is 2.80. The molecule has 1 aromatic carbocycles. The molecule has 0 spiro atoms.